The van der Waals surface area contributed by atoms with Crippen LogP contribution in [0.3, 0.4) is 0 Å². The van der Waals surface area contributed by atoms with Gasteiger partial charge in [-0.3, -0.25) is 4.79 Å². The van der Waals surface area contributed by atoms with Crippen LogP contribution in [-0.4, -0.2) is 19.0 Å². The van der Waals surface area contributed by atoms with E-state index in [2.05, 4.69) is 0 Å². The molecular formula is C14H21N3O. The van der Waals surface area contributed by atoms with E-state index in [9.17, 15) is 4.79 Å². The molecule has 18 heavy (non-hydrogen) atoms. The quantitative estimate of drug-likeness (QED) is 0.782. The van der Waals surface area contributed by atoms with Crippen LogP contribution in [-0.2, 0) is 4.79 Å². The van der Waals surface area contributed by atoms with E-state index in [-0.39, 0.29) is 17.9 Å². The number of amides is 1. The highest BCUT2D eigenvalue weighted by Gasteiger charge is 2.27. The first kappa shape index (κ1) is 12.9. The first-order valence-corrected chi connectivity index (χ1v) is 6.46. The fourth-order valence-corrected chi connectivity index (χ4v) is 2.47. The zero-order valence-electron chi connectivity index (χ0n) is 10.8. The van der Waals surface area contributed by atoms with Crippen molar-refractivity contribution in [3.63, 3.8) is 0 Å². The minimum Gasteiger partial charge on any atom is -0.399 e. The van der Waals surface area contributed by atoms with Crippen molar-refractivity contribution in [2.75, 3.05) is 17.7 Å². The van der Waals surface area contributed by atoms with Crippen LogP contribution in [0.4, 0.5) is 11.4 Å². The lowest BCUT2D eigenvalue weighted by Gasteiger charge is -2.29. The van der Waals surface area contributed by atoms with Crippen LogP contribution >= 0.6 is 0 Å². The number of rotatable bonds is 2. The van der Waals surface area contributed by atoms with Gasteiger partial charge in [0.25, 0.3) is 0 Å². The van der Waals surface area contributed by atoms with Crippen molar-refractivity contribution in [3.05, 3.63) is 24.3 Å². The van der Waals surface area contributed by atoms with Gasteiger partial charge in [0.05, 0.1) is 0 Å². The number of anilines is 2. The third-order valence-electron chi connectivity index (χ3n) is 3.73. The van der Waals surface area contributed by atoms with Gasteiger partial charge in [0.15, 0.2) is 0 Å². The summed E-state index contributed by atoms with van der Waals surface area (Å²) in [5.74, 6) is 0.305. The topological polar surface area (TPSA) is 72.3 Å². The molecule has 0 atom stereocenters. The second-order valence-corrected chi connectivity index (χ2v) is 5.10. The van der Waals surface area contributed by atoms with Crippen molar-refractivity contribution < 1.29 is 4.79 Å². The molecule has 98 valence electrons. The summed E-state index contributed by atoms with van der Waals surface area (Å²) < 4.78 is 0. The Morgan fingerprint density at radius 1 is 1.17 bits per heavy atom. The Bertz CT molecular complexity index is 408. The number of nitrogens with two attached hydrogens (primary N) is 2. The van der Waals surface area contributed by atoms with E-state index in [4.69, 9.17) is 11.5 Å². The summed E-state index contributed by atoms with van der Waals surface area (Å²) in [6, 6.07) is 7.66. The maximum atomic E-state index is 12.3. The highest BCUT2D eigenvalue weighted by atomic mass is 16.2. The minimum atomic E-state index is 0.118. The molecule has 0 aliphatic heterocycles. The molecule has 0 bridgehead atoms. The Labute approximate surface area is 108 Å². The molecule has 1 aliphatic rings. The lowest BCUT2D eigenvalue weighted by atomic mass is 9.85. The van der Waals surface area contributed by atoms with Gasteiger partial charge in [-0.1, -0.05) is 0 Å². The van der Waals surface area contributed by atoms with Crippen molar-refractivity contribution >= 4 is 17.3 Å². The predicted octanol–water partition coefficient (Wildman–Crippen LogP) is 1.75. The summed E-state index contributed by atoms with van der Waals surface area (Å²) in [4.78, 5) is 14.1. The molecule has 1 saturated carbocycles. The predicted molar refractivity (Wildman–Crippen MR) is 74.2 cm³/mol. The molecule has 0 spiro atoms. The molecule has 4 N–H and O–H groups in total. The van der Waals surface area contributed by atoms with Gasteiger partial charge >= 0.3 is 0 Å². The first-order valence-electron chi connectivity index (χ1n) is 6.46. The number of benzene rings is 1. The van der Waals surface area contributed by atoms with E-state index in [1.165, 1.54) is 0 Å². The molecule has 2 rings (SSSR count). The Hall–Kier alpha value is -1.55. The van der Waals surface area contributed by atoms with Crippen LogP contribution < -0.4 is 16.4 Å². The van der Waals surface area contributed by atoms with E-state index < -0.39 is 0 Å². The molecule has 0 radical (unpaired) electrons. The van der Waals surface area contributed by atoms with E-state index >= 15 is 0 Å². The molecule has 0 aromatic heterocycles. The molecular weight excluding hydrogens is 226 g/mol. The lowest BCUT2D eigenvalue weighted by Crippen LogP contribution is -2.37. The highest BCUT2D eigenvalue weighted by molar-refractivity contribution is 5.94. The average molecular weight is 247 g/mol. The Morgan fingerprint density at radius 3 is 2.28 bits per heavy atom. The second-order valence-electron chi connectivity index (χ2n) is 5.10. The van der Waals surface area contributed by atoms with Crippen LogP contribution in [0.15, 0.2) is 24.3 Å². The largest absolute Gasteiger partial charge is 0.399 e. The van der Waals surface area contributed by atoms with Crippen LogP contribution in [0.1, 0.15) is 25.7 Å². The summed E-state index contributed by atoms with van der Waals surface area (Å²) in [5, 5.41) is 0. The Kier molecular flexibility index (Phi) is 3.87. The van der Waals surface area contributed by atoms with Crippen molar-refractivity contribution in [3.8, 4) is 0 Å². The number of carbonyl (C=O) groups is 1. The summed E-state index contributed by atoms with van der Waals surface area (Å²) in [7, 11) is 1.82. The number of carbonyl (C=O) groups excluding carboxylic acids is 1. The second kappa shape index (κ2) is 5.40. The van der Waals surface area contributed by atoms with Crippen molar-refractivity contribution in [1.29, 1.82) is 0 Å². The van der Waals surface area contributed by atoms with E-state index in [0.29, 0.717) is 5.69 Å². The maximum Gasteiger partial charge on any atom is 0.229 e. The van der Waals surface area contributed by atoms with Gasteiger partial charge < -0.3 is 16.4 Å². The molecule has 1 amide bonds. The number of hydrogen-bond donors (Lipinski definition) is 2. The van der Waals surface area contributed by atoms with Gasteiger partial charge in [0.1, 0.15) is 0 Å². The zero-order valence-corrected chi connectivity index (χ0v) is 10.8. The third-order valence-corrected chi connectivity index (χ3v) is 3.73. The van der Waals surface area contributed by atoms with Crippen molar-refractivity contribution in [2.24, 2.45) is 11.7 Å². The van der Waals surface area contributed by atoms with Gasteiger partial charge in [-0.05, 0) is 49.9 Å². The monoisotopic (exact) mass is 247 g/mol. The lowest BCUT2D eigenvalue weighted by molar-refractivity contribution is -0.123. The smallest absolute Gasteiger partial charge is 0.229 e. The summed E-state index contributed by atoms with van der Waals surface area (Å²) in [5.41, 5.74) is 13.1. The molecule has 1 aliphatic carbocycles. The standard InChI is InChI=1S/C14H21N3O/c1-17(13-8-6-12(16)7-9-13)14(18)10-2-4-11(15)5-3-10/h6-11H,2-5,15-16H2,1H3. The van der Waals surface area contributed by atoms with Gasteiger partial charge in [-0.25, -0.2) is 0 Å². The molecule has 1 aromatic carbocycles. The zero-order chi connectivity index (χ0) is 13.1. The normalized spacial score (nSPS) is 23.7. The van der Waals surface area contributed by atoms with E-state index in [1.54, 1.807) is 4.90 Å². The molecule has 0 saturated heterocycles. The van der Waals surface area contributed by atoms with Crippen LogP contribution in [0.25, 0.3) is 0 Å². The van der Waals surface area contributed by atoms with Gasteiger partial charge in [-0.2, -0.15) is 0 Å². The van der Waals surface area contributed by atoms with Gasteiger partial charge in [0, 0.05) is 30.4 Å². The van der Waals surface area contributed by atoms with E-state index in [1.807, 2.05) is 31.3 Å². The van der Waals surface area contributed by atoms with E-state index in [0.717, 1.165) is 31.4 Å². The summed E-state index contributed by atoms with van der Waals surface area (Å²) in [6.07, 6.45) is 3.70. The molecule has 0 heterocycles. The summed E-state index contributed by atoms with van der Waals surface area (Å²) in [6.45, 7) is 0. The molecule has 4 heteroatoms. The number of nitrogens with zero attached hydrogens (tertiary/aromatic N) is 1. The van der Waals surface area contributed by atoms with Crippen LogP contribution in [0.2, 0.25) is 0 Å². The van der Waals surface area contributed by atoms with Crippen molar-refractivity contribution in [2.45, 2.75) is 31.7 Å². The Morgan fingerprint density at radius 2 is 1.72 bits per heavy atom. The number of hydrogen-bond acceptors (Lipinski definition) is 3. The number of nitrogen functional groups attached to an aromatic ring is 1. The Balaban J connectivity index is 2.02. The van der Waals surface area contributed by atoms with Crippen LogP contribution in [0, 0.1) is 5.92 Å². The maximum absolute atomic E-state index is 12.3. The third kappa shape index (κ3) is 2.82. The molecule has 0 unspecified atom stereocenters. The fourth-order valence-electron chi connectivity index (χ4n) is 2.47. The molecule has 1 fully saturated rings. The minimum absolute atomic E-state index is 0.118. The molecule has 1 aromatic rings. The van der Waals surface area contributed by atoms with Gasteiger partial charge in [-0.15, -0.1) is 0 Å². The fraction of sp³-hybridized carbons (Fsp3) is 0.500. The SMILES string of the molecule is CN(C(=O)C1CCC(N)CC1)c1ccc(N)cc1. The average Bonchev–Trinajstić information content (AvgIpc) is 2.39. The van der Waals surface area contributed by atoms with Crippen LogP contribution in [0.5, 0.6) is 0 Å². The summed E-state index contributed by atoms with van der Waals surface area (Å²) >= 11 is 0. The van der Waals surface area contributed by atoms with Gasteiger partial charge in [0.2, 0.25) is 5.91 Å². The molecule has 4 nitrogen and oxygen atoms in total. The first-order chi connectivity index (χ1) is 8.58. The highest BCUT2D eigenvalue weighted by Crippen LogP contribution is 2.26. The van der Waals surface area contributed by atoms with Crippen molar-refractivity contribution in [1.82, 2.24) is 0 Å².